The molecule has 0 aromatic carbocycles. The summed E-state index contributed by atoms with van der Waals surface area (Å²) in [6, 6.07) is 0. The highest BCUT2D eigenvalue weighted by Crippen LogP contribution is 2.23. The lowest BCUT2D eigenvalue weighted by atomic mass is 10.1. The third-order valence-corrected chi connectivity index (χ3v) is 3.97. The van der Waals surface area contributed by atoms with Gasteiger partial charge in [0.15, 0.2) is 0 Å². The van der Waals surface area contributed by atoms with E-state index in [0.717, 1.165) is 19.5 Å². The van der Waals surface area contributed by atoms with Crippen molar-refractivity contribution in [1.82, 2.24) is 9.80 Å². The molecule has 1 fully saturated rings. The van der Waals surface area contributed by atoms with Crippen LogP contribution >= 0.6 is 0 Å². The van der Waals surface area contributed by atoms with Crippen LogP contribution in [0.4, 0.5) is 0 Å². The Balaban J connectivity index is 2.12. The van der Waals surface area contributed by atoms with Gasteiger partial charge in [-0.15, -0.1) is 0 Å². The molecule has 1 heterocycles. The number of hydrogen-bond donors (Lipinski definition) is 0. The molecule has 2 heteroatoms. The van der Waals surface area contributed by atoms with Crippen LogP contribution in [0.25, 0.3) is 0 Å². The molecule has 2 rings (SSSR count). The summed E-state index contributed by atoms with van der Waals surface area (Å²) in [5.74, 6) is 0. The van der Waals surface area contributed by atoms with Gasteiger partial charge >= 0.3 is 0 Å². The van der Waals surface area contributed by atoms with Crippen molar-refractivity contribution in [2.24, 2.45) is 0 Å². The first-order chi connectivity index (χ1) is 8.22. The molecule has 0 spiro atoms. The third kappa shape index (κ3) is 2.81. The SMILES string of the molecule is CCN1CCN(C2=C(C)C(C)=CCC=C2)CC1. The van der Waals surface area contributed by atoms with Gasteiger partial charge in [-0.2, -0.15) is 0 Å². The van der Waals surface area contributed by atoms with E-state index >= 15 is 0 Å². The van der Waals surface area contributed by atoms with Crippen molar-refractivity contribution < 1.29 is 0 Å². The topological polar surface area (TPSA) is 6.48 Å². The van der Waals surface area contributed by atoms with Gasteiger partial charge < -0.3 is 9.80 Å². The van der Waals surface area contributed by atoms with E-state index in [0.29, 0.717) is 0 Å². The van der Waals surface area contributed by atoms with E-state index in [1.54, 1.807) is 0 Å². The summed E-state index contributed by atoms with van der Waals surface area (Å²) >= 11 is 0. The first-order valence-electron chi connectivity index (χ1n) is 6.74. The minimum Gasteiger partial charge on any atom is -0.369 e. The number of hydrogen-bond acceptors (Lipinski definition) is 2. The van der Waals surface area contributed by atoms with Crippen molar-refractivity contribution in [1.29, 1.82) is 0 Å². The van der Waals surface area contributed by atoms with Crippen molar-refractivity contribution >= 4 is 0 Å². The average molecular weight is 232 g/mol. The molecular formula is C15H24N2. The Bertz CT molecular complexity index is 355. The monoisotopic (exact) mass is 232 g/mol. The maximum absolute atomic E-state index is 2.54. The number of rotatable bonds is 2. The van der Waals surface area contributed by atoms with Gasteiger partial charge in [0, 0.05) is 31.9 Å². The summed E-state index contributed by atoms with van der Waals surface area (Å²) in [5, 5.41) is 0. The van der Waals surface area contributed by atoms with Gasteiger partial charge in [-0.05, 0) is 44.0 Å². The molecule has 2 aliphatic rings. The van der Waals surface area contributed by atoms with E-state index < -0.39 is 0 Å². The molecule has 0 amide bonds. The molecule has 0 N–H and O–H groups in total. The van der Waals surface area contributed by atoms with E-state index in [1.165, 1.54) is 36.5 Å². The molecule has 0 atom stereocenters. The summed E-state index contributed by atoms with van der Waals surface area (Å²) < 4.78 is 0. The molecule has 2 nitrogen and oxygen atoms in total. The van der Waals surface area contributed by atoms with Gasteiger partial charge in [-0.1, -0.05) is 19.1 Å². The van der Waals surface area contributed by atoms with E-state index in [2.05, 4.69) is 48.8 Å². The normalized spacial score (nSPS) is 22.8. The zero-order valence-corrected chi connectivity index (χ0v) is 11.4. The third-order valence-electron chi connectivity index (χ3n) is 3.97. The van der Waals surface area contributed by atoms with Gasteiger partial charge in [-0.3, -0.25) is 0 Å². The molecule has 1 aliphatic heterocycles. The van der Waals surface area contributed by atoms with E-state index in [4.69, 9.17) is 0 Å². The Morgan fingerprint density at radius 3 is 2.47 bits per heavy atom. The summed E-state index contributed by atoms with van der Waals surface area (Å²) in [4.78, 5) is 5.07. The fourth-order valence-corrected chi connectivity index (χ4v) is 2.55. The van der Waals surface area contributed by atoms with Crippen LogP contribution in [0.5, 0.6) is 0 Å². The standard InChI is InChI=1S/C15H24N2/c1-4-16-9-11-17(12-10-16)15-8-6-5-7-13(2)14(15)3/h6-8H,4-5,9-12H2,1-3H3. The van der Waals surface area contributed by atoms with Gasteiger partial charge in [-0.25, -0.2) is 0 Å². The predicted octanol–water partition coefficient (Wildman–Crippen LogP) is 2.80. The molecule has 94 valence electrons. The smallest absolute Gasteiger partial charge is 0.0396 e. The van der Waals surface area contributed by atoms with Crippen molar-refractivity contribution in [2.75, 3.05) is 32.7 Å². The number of piperazine rings is 1. The van der Waals surface area contributed by atoms with E-state index in [-0.39, 0.29) is 0 Å². The lowest BCUT2D eigenvalue weighted by Crippen LogP contribution is -2.45. The Labute approximate surface area is 105 Å². The minimum absolute atomic E-state index is 1.07. The summed E-state index contributed by atoms with van der Waals surface area (Å²) in [5.41, 5.74) is 4.32. The zero-order chi connectivity index (χ0) is 12.3. The Morgan fingerprint density at radius 2 is 1.82 bits per heavy atom. The zero-order valence-electron chi connectivity index (χ0n) is 11.4. The van der Waals surface area contributed by atoms with Gasteiger partial charge in [0.05, 0.1) is 0 Å². The highest BCUT2D eigenvalue weighted by Gasteiger charge is 2.18. The number of nitrogens with zero attached hydrogens (tertiary/aromatic N) is 2. The highest BCUT2D eigenvalue weighted by molar-refractivity contribution is 5.39. The summed E-state index contributed by atoms with van der Waals surface area (Å²) in [7, 11) is 0. The fourth-order valence-electron chi connectivity index (χ4n) is 2.55. The second kappa shape index (κ2) is 5.54. The van der Waals surface area contributed by atoms with Crippen molar-refractivity contribution in [2.45, 2.75) is 27.2 Å². The molecule has 1 saturated heterocycles. The molecule has 0 saturated carbocycles. The number of allylic oxidation sites excluding steroid dienone is 5. The van der Waals surface area contributed by atoms with Gasteiger partial charge in [0.1, 0.15) is 0 Å². The van der Waals surface area contributed by atoms with E-state index in [9.17, 15) is 0 Å². The molecule has 17 heavy (non-hydrogen) atoms. The lowest BCUT2D eigenvalue weighted by molar-refractivity contribution is 0.167. The molecule has 0 aromatic heterocycles. The van der Waals surface area contributed by atoms with Crippen LogP contribution in [-0.2, 0) is 0 Å². The average Bonchev–Trinajstić information content (AvgIpc) is 2.53. The van der Waals surface area contributed by atoms with Crippen LogP contribution in [0.2, 0.25) is 0 Å². The van der Waals surface area contributed by atoms with Crippen LogP contribution in [0.15, 0.2) is 35.1 Å². The second-order valence-corrected chi connectivity index (χ2v) is 4.96. The minimum atomic E-state index is 1.07. The molecule has 0 unspecified atom stereocenters. The van der Waals surface area contributed by atoms with Gasteiger partial charge in [0.25, 0.3) is 0 Å². The van der Waals surface area contributed by atoms with Crippen LogP contribution < -0.4 is 0 Å². The van der Waals surface area contributed by atoms with Crippen LogP contribution in [0.1, 0.15) is 27.2 Å². The quantitative estimate of drug-likeness (QED) is 0.722. The Hall–Kier alpha value is -1.02. The van der Waals surface area contributed by atoms with Crippen LogP contribution in [0.3, 0.4) is 0 Å². The predicted molar refractivity (Wildman–Crippen MR) is 73.9 cm³/mol. The van der Waals surface area contributed by atoms with Crippen LogP contribution in [-0.4, -0.2) is 42.5 Å². The summed E-state index contributed by atoms with van der Waals surface area (Å²) in [6.45, 7) is 12.6. The summed E-state index contributed by atoms with van der Waals surface area (Å²) in [6.07, 6.45) is 7.98. The molecule has 0 bridgehead atoms. The van der Waals surface area contributed by atoms with Gasteiger partial charge in [0.2, 0.25) is 0 Å². The maximum Gasteiger partial charge on any atom is 0.0396 e. The fraction of sp³-hybridized carbons (Fsp3) is 0.600. The molecule has 0 aromatic rings. The van der Waals surface area contributed by atoms with Crippen molar-refractivity contribution in [3.63, 3.8) is 0 Å². The maximum atomic E-state index is 2.54. The van der Waals surface area contributed by atoms with Crippen molar-refractivity contribution in [3.8, 4) is 0 Å². The Morgan fingerprint density at radius 1 is 1.12 bits per heavy atom. The Kier molecular flexibility index (Phi) is 4.06. The van der Waals surface area contributed by atoms with E-state index in [1.807, 2.05) is 0 Å². The highest BCUT2D eigenvalue weighted by atomic mass is 15.3. The first-order valence-corrected chi connectivity index (χ1v) is 6.74. The van der Waals surface area contributed by atoms with Crippen molar-refractivity contribution in [3.05, 3.63) is 35.1 Å². The first kappa shape index (κ1) is 12.4. The lowest BCUT2D eigenvalue weighted by Gasteiger charge is -2.37. The largest absolute Gasteiger partial charge is 0.369 e. The second-order valence-electron chi connectivity index (χ2n) is 4.96. The number of likely N-dealkylation sites (N-methyl/N-ethyl adjacent to an activating group) is 1. The molecular weight excluding hydrogens is 208 g/mol. The van der Waals surface area contributed by atoms with Crippen LogP contribution in [0, 0.1) is 0 Å². The molecule has 0 radical (unpaired) electrons. The molecule has 1 aliphatic carbocycles.